The van der Waals surface area contributed by atoms with Crippen LogP contribution in [0.2, 0.25) is 0 Å². The Morgan fingerprint density at radius 2 is 1.83 bits per heavy atom. The first-order chi connectivity index (χ1) is 8.81. The third kappa shape index (κ3) is 1.60. The van der Waals surface area contributed by atoms with Crippen LogP contribution in [0.3, 0.4) is 0 Å². The Morgan fingerprint density at radius 3 is 2.56 bits per heavy atom. The molecule has 90 valence electrons. The topological polar surface area (TPSA) is 37.5 Å². The van der Waals surface area contributed by atoms with Gasteiger partial charge in [-0.05, 0) is 19.1 Å². The minimum Gasteiger partial charge on any atom is -0.390 e. The van der Waals surface area contributed by atoms with Gasteiger partial charge in [0, 0.05) is 11.3 Å². The van der Waals surface area contributed by atoms with Gasteiger partial charge in [0.2, 0.25) is 0 Å². The molecule has 0 spiro atoms. The number of aliphatic hydroxyl groups is 1. The second-order valence-corrected chi connectivity index (χ2v) is 4.29. The van der Waals surface area contributed by atoms with E-state index in [1.165, 1.54) is 0 Å². The highest BCUT2D eigenvalue weighted by atomic mass is 16.3. The van der Waals surface area contributed by atoms with Crippen LogP contribution >= 0.6 is 0 Å². The molecule has 0 saturated carbocycles. The SMILES string of the molecule is Cc1cccc2nc(-c3ccccc3)c(CO)n12. The summed E-state index contributed by atoms with van der Waals surface area (Å²) in [6.07, 6.45) is 0. The maximum Gasteiger partial charge on any atom is 0.137 e. The van der Waals surface area contributed by atoms with E-state index >= 15 is 0 Å². The van der Waals surface area contributed by atoms with Gasteiger partial charge in [-0.3, -0.25) is 4.40 Å². The maximum atomic E-state index is 9.63. The Labute approximate surface area is 105 Å². The quantitative estimate of drug-likeness (QED) is 0.745. The van der Waals surface area contributed by atoms with E-state index in [1.807, 2.05) is 59.9 Å². The minimum absolute atomic E-state index is 0.0176. The summed E-state index contributed by atoms with van der Waals surface area (Å²) in [6.45, 7) is 2.00. The molecule has 0 aliphatic heterocycles. The van der Waals surface area contributed by atoms with Crippen LogP contribution in [-0.2, 0) is 6.61 Å². The summed E-state index contributed by atoms with van der Waals surface area (Å²) in [7, 11) is 0. The summed E-state index contributed by atoms with van der Waals surface area (Å²) in [4.78, 5) is 4.62. The molecule has 3 rings (SSSR count). The minimum atomic E-state index is -0.0176. The molecule has 3 aromatic rings. The Morgan fingerprint density at radius 1 is 1.06 bits per heavy atom. The van der Waals surface area contributed by atoms with E-state index in [9.17, 15) is 5.11 Å². The van der Waals surface area contributed by atoms with Gasteiger partial charge in [-0.2, -0.15) is 0 Å². The molecule has 2 heterocycles. The predicted molar refractivity (Wildman–Crippen MR) is 71.3 cm³/mol. The molecular weight excluding hydrogens is 224 g/mol. The van der Waals surface area contributed by atoms with Gasteiger partial charge >= 0.3 is 0 Å². The Balaban J connectivity index is 2.34. The van der Waals surface area contributed by atoms with Crippen LogP contribution in [-0.4, -0.2) is 14.5 Å². The zero-order valence-electron chi connectivity index (χ0n) is 10.2. The van der Waals surface area contributed by atoms with Crippen molar-refractivity contribution in [2.24, 2.45) is 0 Å². The van der Waals surface area contributed by atoms with Crippen molar-refractivity contribution in [1.29, 1.82) is 0 Å². The highest BCUT2D eigenvalue weighted by Crippen LogP contribution is 2.25. The van der Waals surface area contributed by atoms with Gasteiger partial charge < -0.3 is 5.11 Å². The number of aliphatic hydroxyl groups excluding tert-OH is 1. The molecule has 18 heavy (non-hydrogen) atoms. The van der Waals surface area contributed by atoms with Gasteiger partial charge in [-0.1, -0.05) is 36.4 Å². The van der Waals surface area contributed by atoms with Gasteiger partial charge in [0.25, 0.3) is 0 Å². The molecule has 1 N–H and O–H groups in total. The molecule has 0 atom stereocenters. The second-order valence-electron chi connectivity index (χ2n) is 4.29. The van der Waals surface area contributed by atoms with Crippen LogP contribution in [0.25, 0.3) is 16.9 Å². The summed E-state index contributed by atoms with van der Waals surface area (Å²) in [5, 5.41) is 9.63. The van der Waals surface area contributed by atoms with Crippen molar-refractivity contribution in [3.05, 3.63) is 59.9 Å². The summed E-state index contributed by atoms with van der Waals surface area (Å²) in [5.74, 6) is 0. The number of rotatable bonds is 2. The summed E-state index contributed by atoms with van der Waals surface area (Å²) >= 11 is 0. The van der Waals surface area contributed by atoms with Gasteiger partial charge in [0.1, 0.15) is 5.65 Å². The second kappa shape index (κ2) is 4.27. The first kappa shape index (κ1) is 11.0. The molecule has 0 fully saturated rings. The average molecular weight is 238 g/mol. The lowest BCUT2D eigenvalue weighted by atomic mass is 10.1. The van der Waals surface area contributed by atoms with E-state index in [2.05, 4.69) is 4.98 Å². The predicted octanol–water partition coefficient (Wildman–Crippen LogP) is 2.80. The summed E-state index contributed by atoms with van der Waals surface area (Å²) in [6, 6.07) is 15.9. The summed E-state index contributed by atoms with van der Waals surface area (Å²) < 4.78 is 2.00. The molecule has 3 heteroatoms. The number of benzene rings is 1. The highest BCUT2D eigenvalue weighted by Gasteiger charge is 2.13. The number of pyridine rings is 1. The lowest BCUT2D eigenvalue weighted by Gasteiger charge is -2.04. The molecule has 0 aliphatic carbocycles. The fourth-order valence-corrected chi connectivity index (χ4v) is 2.30. The molecule has 0 bridgehead atoms. The molecule has 3 nitrogen and oxygen atoms in total. The summed E-state index contributed by atoms with van der Waals surface area (Å²) in [5.41, 5.74) is 4.68. The maximum absolute atomic E-state index is 9.63. The van der Waals surface area contributed by atoms with E-state index in [-0.39, 0.29) is 6.61 Å². The molecule has 0 amide bonds. The number of hydrogen-bond donors (Lipinski definition) is 1. The fraction of sp³-hybridized carbons (Fsp3) is 0.133. The van der Waals surface area contributed by atoms with Crippen molar-refractivity contribution in [2.75, 3.05) is 0 Å². The number of fused-ring (bicyclic) bond motifs is 1. The highest BCUT2D eigenvalue weighted by molar-refractivity contribution is 5.66. The van der Waals surface area contributed by atoms with Crippen molar-refractivity contribution in [2.45, 2.75) is 13.5 Å². The first-order valence-corrected chi connectivity index (χ1v) is 5.94. The first-order valence-electron chi connectivity index (χ1n) is 5.94. The van der Waals surface area contributed by atoms with Crippen molar-refractivity contribution in [3.63, 3.8) is 0 Å². The third-order valence-electron chi connectivity index (χ3n) is 3.13. The monoisotopic (exact) mass is 238 g/mol. The molecule has 0 aliphatic rings. The van der Waals surface area contributed by atoms with Crippen molar-refractivity contribution in [1.82, 2.24) is 9.38 Å². The average Bonchev–Trinajstić information content (AvgIpc) is 2.79. The van der Waals surface area contributed by atoms with Crippen LogP contribution in [0.5, 0.6) is 0 Å². The third-order valence-corrected chi connectivity index (χ3v) is 3.13. The zero-order valence-corrected chi connectivity index (χ0v) is 10.2. The number of aromatic nitrogens is 2. The van der Waals surface area contributed by atoms with Crippen LogP contribution in [0.4, 0.5) is 0 Å². The largest absolute Gasteiger partial charge is 0.390 e. The number of imidazole rings is 1. The van der Waals surface area contributed by atoms with Gasteiger partial charge in [0.05, 0.1) is 18.0 Å². The van der Waals surface area contributed by atoms with Crippen LogP contribution < -0.4 is 0 Å². The lowest BCUT2D eigenvalue weighted by molar-refractivity contribution is 0.276. The van der Waals surface area contributed by atoms with E-state index in [0.29, 0.717) is 0 Å². The molecule has 2 aromatic heterocycles. The Kier molecular flexibility index (Phi) is 2.61. The van der Waals surface area contributed by atoms with E-state index < -0.39 is 0 Å². The van der Waals surface area contributed by atoms with Gasteiger partial charge in [-0.25, -0.2) is 4.98 Å². The van der Waals surface area contributed by atoms with E-state index in [0.717, 1.165) is 28.3 Å². The van der Waals surface area contributed by atoms with E-state index in [4.69, 9.17) is 0 Å². The Bertz CT molecular complexity index is 686. The van der Waals surface area contributed by atoms with Crippen molar-refractivity contribution < 1.29 is 5.11 Å². The van der Waals surface area contributed by atoms with Crippen molar-refractivity contribution in [3.8, 4) is 11.3 Å². The zero-order chi connectivity index (χ0) is 12.5. The molecule has 0 radical (unpaired) electrons. The molecule has 1 aromatic carbocycles. The number of nitrogens with zero attached hydrogens (tertiary/aromatic N) is 2. The number of hydrogen-bond acceptors (Lipinski definition) is 2. The normalized spacial score (nSPS) is 11.0. The van der Waals surface area contributed by atoms with Crippen molar-refractivity contribution >= 4 is 5.65 Å². The lowest BCUT2D eigenvalue weighted by Crippen LogP contribution is -1.97. The van der Waals surface area contributed by atoms with Gasteiger partial charge in [0.15, 0.2) is 0 Å². The standard InChI is InChI=1S/C15H14N2O/c1-11-6-5-9-14-16-15(13(10-18)17(11)14)12-7-3-2-4-8-12/h2-9,18H,10H2,1H3. The smallest absolute Gasteiger partial charge is 0.137 e. The molecule has 0 unspecified atom stereocenters. The molecular formula is C15H14N2O. The Hall–Kier alpha value is -2.13. The van der Waals surface area contributed by atoms with Crippen LogP contribution in [0.1, 0.15) is 11.4 Å². The van der Waals surface area contributed by atoms with E-state index in [1.54, 1.807) is 0 Å². The fourth-order valence-electron chi connectivity index (χ4n) is 2.30. The van der Waals surface area contributed by atoms with Crippen LogP contribution in [0, 0.1) is 6.92 Å². The molecule has 0 saturated heterocycles. The number of aryl methyl sites for hydroxylation is 1. The van der Waals surface area contributed by atoms with Gasteiger partial charge in [-0.15, -0.1) is 0 Å². The van der Waals surface area contributed by atoms with Crippen LogP contribution in [0.15, 0.2) is 48.5 Å².